The van der Waals surface area contributed by atoms with Gasteiger partial charge in [-0.15, -0.1) is 0 Å². The lowest BCUT2D eigenvalue weighted by Crippen LogP contribution is -2.42. The van der Waals surface area contributed by atoms with Gasteiger partial charge >= 0.3 is 0 Å². The van der Waals surface area contributed by atoms with Crippen molar-refractivity contribution in [2.75, 3.05) is 19.7 Å². The molecule has 4 rings (SSSR count). The molecule has 2 aromatic heterocycles. The van der Waals surface area contributed by atoms with E-state index in [4.69, 9.17) is 4.74 Å². The first-order valence-electron chi connectivity index (χ1n) is 9.18. The standard InChI is InChI=1S/C18H25N5O2/c1-2-22-11-8-19-17(22)16-14(6-12-25-16)18(24)23-9-4-13(5-10-23)15-3-7-20-21-15/h3,7-8,11,13-14,16H,2,4-6,9-10,12H2,1H3,(H,20,21)/t14-,16-/m1/s1. The quantitative estimate of drug-likeness (QED) is 0.922. The minimum absolute atomic E-state index is 0.114. The zero-order chi connectivity index (χ0) is 17.2. The number of imidazole rings is 1. The summed E-state index contributed by atoms with van der Waals surface area (Å²) in [6.07, 6.45) is 8.06. The summed E-state index contributed by atoms with van der Waals surface area (Å²) in [5, 5.41) is 7.10. The van der Waals surface area contributed by atoms with E-state index in [1.807, 2.05) is 17.2 Å². The third-order valence-corrected chi connectivity index (χ3v) is 5.52. The molecule has 2 saturated heterocycles. The molecule has 0 radical (unpaired) electrons. The molecule has 4 heterocycles. The van der Waals surface area contributed by atoms with Crippen LogP contribution in [0.4, 0.5) is 0 Å². The molecule has 2 aromatic rings. The number of amides is 1. The molecule has 1 amide bonds. The number of likely N-dealkylation sites (tertiary alicyclic amines) is 1. The average molecular weight is 343 g/mol. The van der Waals surface area contributed by atoms with Crippen LogP contribution in [0.1, 0.15) is 49.7 Å². The number of ether oxygens (including phenoxy) is 1. The SMILES string of the molecule is CCn1ccnc1[C@@H]1OCC[C@H]1C(=O)N1CCC(c2ccn[nH]2)CC1. The topological polar surface area (TPSA) is 76.0 Å². The van der Waals surface area contributed by atoms with Gasteiger partial charge in [0.05, 0.1) is 5.92 Å². The minimum Gasteiger partial charge on any atom is -0.369 e. The van der Waals surface area contributed by atoms with Crippen molar-refractivity contribution in [2.45, 2.75) is 44.8 Å². The number of aromatic nitrogens is 4. The maximum absolute atomic E-state index is 13.1. The highest BCUT2D eigenvalue weighted by atomic mass is 16.5. The summed E-state index contributed by atoms with van der Waals surface area (Å²) in [4.78, 5) is 19.5. The van der Waals surface area contributed by atoms with Crippen LogP contribution in [-0.2, 0) is 16.1 Å². The van der Waals surface area contributed by atoms with Gasteiger partial charge in [-0.3, -0.25) is 9.89 Å². The summed E-state index contributed by atoms with van der Waals surface area (Å²) in [7, 11) is 0. The molecule has 25 heavy (non-hydrogen) atoms. The average Bonchev–Trinajstić information content (AvgIpc) is 3.41. The van der Waals surface area contributed by atoms with Crippen LogP contribution in [0, 0.1) is 5.92 Å². The Hall–Kier alpha value is -2.15. The predicted octanol–water partition coefficient (Wildman–Crippen LogP) is 2.11. The van der Waals surface area contributed by atoms with Crippen molar-refractivity contribution in [1.29, 1.82) is 0 Å². The maximum atomic E-state index is 13.1. The fraction of sp³-hybridized carbons (Fsp3) is 0.611. The van der Waals surface area contributed by atoms with Gasteiger partial charge in [0.25, 0.3) is 0 Å². The Kier molecular flexibility index (Phi) is 4.57. The van der Waals surface area contributed by atoms with Crippen molar-refractivity contribution in [3.05, 3.63) is 36.2 Å². The number of piperidine rings is 1. The van der Waals surface area contributed by atoms with E-state index in [1.54, 1.807) is 12.4 Å². The van der Waals surface area contributed by atoms with Crippen LogP contribution in [0.15, 0.2) is 24.7 Å². The molecule has 2 aliphatic heterocycles. The number of nitrogens with zero attached hydrogens (tertiary/aromatic N) is 4. The molecule has 2 aliphatic rings. The van der Waals surface area contributed by atoms with Crippen molar-refractivity contribution in [3.63, 3.8) is 0 Å². The second-order valence-electron chi connectivity index (χ2n) is 6.87. The number of hydrogen-bond donors (Lipinski definition) is 1. The second-order valence-corrected chi connectivity index (χ2v) is 6.87. The number of aryl methyl sites for hydroxylation is 1. The van der Waals surface area contributed by atoms with Crippen LogP contribution in [0.2, 0.25) is 0 Å². The van der Waals surface area contributed by atoms with Crippen LogP contribution < -0.4 is 0 Å². The molecule has 0 aliphatic carbocycles. The molecule has 0 saturated carbocycles. The van der Waals surface area contributed by atoms with Gasteiger partial charge in [0.1, 0.15) is 11.9 Å². The molecule has 0 spiro atoms. The van der Waals surface area contributed by atoms with Crippen LogP contribution in [0.3, 0.4) is 0 Å². The van der Waals surface area contributed by atoms with Gasteiger partial charge < -0.3 is 14.2 Å². The Morgan fingerprint density at radius 1 is 1.32 bits per heavy atom. The van der Waals surface area contributed by atoms with Crippen molar-refractivity contribution in [2.24, 2.45) is 5.92 Å². The molecular weight excluding hydrogens is 318 g/mol. The van der Waals surface area contributed by atoms with Crippen LogP contribution >= 0.6 is 0 Å². The van der Waals surface area contributed by atoms with E-state index in [9.17, 15) is 4.79 Å². The highest BCUT2D eigenvalue weighted by Gasteiger charge is 2.40. The van der Waals surface area contributed by atoms with E-state index in [2.05, 4.69) is 26.7 Å². The summed E-state index contributed by atoms with van der Waals surface area (Å²) < 4.78 is 7.97. The molecule has 7 heteroatoms. The maximum Gasteiger partial charge on any atom is 0.228 e. The van der Waals surface area contributed by atoms with Crippen molar-refractivity contribution in [3.8, 4) is 0 Å². The molecule has 7 nitrogen and oxygen atoms in total. The van der Waals surface area contributed by atoms with Gasteiger partial charge in [-0.05, 0) is 32.3 Å². The molecule has 0 bridgehead atoms. The summed E-state index contributed by atoms with van der Waals surface area (Å²) in [5.74, 6) is 1.46. The lowest BCUT2D eigenvalue weighted by atomic mass is 9.91. The van der Waals surface area contributed by atoms with Crippen LogP contribution in [0.5, 0.6) is 0 Å². The molecule has 0 unspecified atom stereocenters. The first-order chi connectivity index (χ1) is 12.3. The number of aromatic amines is 1. The van der Waals surface area contributed by atoms with Gasteiger partial charge in [-0.1, -0.05) is 0 Å². The van der Waals surface area contributed by atoms with E-state index < -0.39 is 0 Å². The van der Waals surface area contributed by atoms with Gasteiger partial charge in [-0.2, -0.15) is 5.10 Å². The molecular formula is C18H25N5O2. The molecule has 0 aromatic carbocycles. The fourth-order valence-corrected chi connectivity index (χ4v) is 4.08. The van der Waals surface area contributed by atoms with E-state index in [0.29, 0.717) is 12.5 Å². The van der Waals surface area contributed by atoms with Crippen molar-refractivity contribution >= 4 is 5.91 Å². The van der Waals surface area contributed by atoms with Crippen molar-refractivity contribution in [1.82, 2.24) is 24.6 Å². The fourth-order valence-electron chi connectivity index (χ4n) is 4.08. The van der Waals surface area contributed by atoms with Crippen LogP contribution in [0.25, 0.3) is 0 Å². The van der Waals surface area contributed by atoms with E-state index in [1.165, 1.54) is 5.69 Å². The van der Waals surface area contributed by atoms with Gasteiger partial charge in [0, 0.05) is 56.4 Å². The molecule has 2 atom stereocenters. The normalized spacial score (nSPS) is 24.8. The number of rotatable bonds is 4. The number of carbonyl (C=O) groups is 1. The predicted molar refractivity (Wildman–Crippen MR) is 91.8 cm³/mol. The van der Waals surface area contributed by atoms with E-state index in [-0.39, 0.29) is 17.9 Å². The van der Waals surface area contributed by atoms with E-state index >= 15 is 0 Å². The molecule has 1 N–H and O–H groups in total. The van der Waals surface area contributed by atoms with Crippen molar-refractivity contribution < 1.29 is 9.53 Å². The minimum atomic E-state index is -0.215. The number of carbonyl (C=O) groups excluding carboxylic acids is 1. The van der Waals surface area contributed by atoms with Gasteiger partial charge in [-0.25, -0.2) is 4.98 Å². The Morgan fingerprint density at radius 3 is 2.88 bits per heavy atom. The summed E-state index contributed by atoms with van der Waals surface area (Å²) in [5.41, 5.74) is 1.18. The monoisotopic (exact) mass is 343 g/mol. The Labute approximate surface area is 147 Å². The summed E-state index contributed by atoms with van der Waals surface area (Å²) >= 11 is 0. The third-order valence-electron chi connectivity index (χ3n) is 5.52. The summed E-state index contributed by atoms with van der Waals surface area (Å²) in [6.45, 7) is 5.15. The lowest BCUT2D eigenvalue weighted by Gasteiger charge is -2.34. The Balaban J connectivity index is 1.42. The highest BCUT2D eigenvalue weighted by molar-refractivity contribution is 5.80. The number of H-pyrrole nitrogens is 1. The van der Waals surface area contributed by atoms with Crippen LogP contribution in [-0.4, -0.2) is 50.3 Å². The highest BCUT2D eigenvalue weighted by Crippen LogP contribution is 2.36. The molecule has 134 valence electrons. The third kappa shape index (κ3) is 3.08. The zero-order valence-corrected chi connectivity index (χ0v) is 14.6. The number of hydrogen-bond acceptors (Lipinski definition) is 4. The smallest absolute Gasteiger partial charge is 0.228 e. The second kappa shape index (κ2) is 7.00. The van der Waals surface area contributed by atoms with E-state index in [0.717, 1.165) is 44.7 Å². The number of nitrogens with one attached hydrogen (secondary N) is 1. The molecule has 2 fully saturated rings. The zero-order valence-electron chi connectivity index (χ0n) is 14.6. The first-order valence-corrected chi connectivity index (χ1v) is 9.18. The Morgan fingerprint density at radius 2 is 2.16 bits per heavy atom. The Bertz CT molecular complexity index is 703. The van der Waals surface area contributed by atoms with Gasteiger partial charge in [0.15, 0.2) is 0 Å². The summed E-state index contributed by atoms with van der Waals surface area (Å²) in [6, 6.07) is 2.04. The first kappa shape index (κ1) is 16.3. The lowest BCUT2D eigenvalue weighted by molar-refractivity contribution is -0.138. The largest absolute Gasteiger partial charge is 0.369 e. The van der Waals surface area contributed by atoms with Gasteiger partial charge in [0.2, 0.25) is 5.91 Å².